The zero-order chi connectivity index (χ0) is 13.0. The predicted octanol–water partition coefficient (Wildman–Crippen LogP) is 4.10. The lowest BCUT2D eigenvalue weighted by atomic mass is 9.99. The Morgan fingerprint density at radius 3 is 1.81 bits per heavy atom. The first-order valence-electron chi connectivity index (χ1n) is 6.93. The largest absolute Gasteiger partial charge is 0.343 e. The molecule has 1 amide bonds. The van der Waals surface area contributed by atoms with Crippen LogP contribution in [0.3, 0.4) is 0 Å². The summed E-state index contributed by atoms with van der Waals surface area (Å²) in [4.78, 5) is 13.2. The molecule has 0 bridgehead atoms. The molecular formula is C14H31NO. The number of piperidine rings is 1. The normalized spacial score (nSPS) is 15.5. The van der Waals surface area contributed by atoms with Gasteiger partial charge in [0.25, 0.3) is 0 Å². The van der Waals surface area contributed by atoms with Crippen molar-refractivity contribution in [1.29, 1.82) is 0 Å². The zero-order valence-corrected chi connectivity index (χ0v) is 12.2. The maximum Gasteiger partial charge on any atom is 0.222 e. The van der Waals surface area contributed by atoms with Gasteiger partial charge in [0.1, 0.15) is 0 Å². The molecule has 0 aromatic rings. The molecule has 1 aliphatic rings. The maximum absolute atomic E-state index is 11.2. The fourth-order valence-electron chi connectivity index (χ4n) is 1.48. The molecule has 2 heteroatoms. The Hall–Kier alpha value is -0.530. The Labute approximate surface area is 102 Å². The lowest BCUT2D eigenvalue weighted by Crippen LogP contribution is -2.37. The van der Waals surface area contributed by atoms with Crippen LogP contribution < -0.4 is 0 Å². The van der Waals surface area contributed by atoms with Crippen molar-refractivity contribution in [3.8, 4) is 0 Å². The minimum atomic E-state index is 0.317. The Morgan fingerprint density at radius 2 is 1.50 bits per heavy atom. The second-order valence-electron chi connectivity index (χ2n) is 4.12. The second kappa shape index (κ2) is 12.5. The van der Waals surface area contributed by atoms with Crippen molar-refractivity contribution in [3.63, 3.8) is 0 Å². The minimum absolute atomic E-state index is 0.317. The summed E-state index contributed by atoms with van der Waals surface area (Å²) < 4.78 is 0. The minimum Gasteiger partial charge on any atom is -0.343 e. The highest BCUT2D eigenvalue weighted by atomic mass is 16.2. The summed E-state index contributed by atoms with van der Waals surface area (Å²) in [6, 6.07) is 0. The van der Waals surface area contributed by atoms with Gasteiger partial charge in [0, 0.05) is 19.5 Å². The number of nitrogens with zero attached hydrogens (tertiary/aromatic N) is 1. The van der Waals surface area contributed by atoms with Crippen LogP contribution in [-0.2, 0) is 4.79 Å². The van der Waals surface area contributed by atoms with Gasteiger partial charge in [-0.2, -0.15) is 0 Å². The Kier molecular flexibility index (Phi) is 14.0. The summed E-state index contributed by atoms with van der Waals surface area (Å²) in [5, 5.41) is 0. The van der Waals surface area contributed by atoms with Gasteiger partial charge in [0.05, 0.1) is 0 Å². The SMILES string of the molecule is CC.CCC.CCC(=O)N1CCC(C)CC1. The van der Waals surface area contributed by atoms with Gasteiger partial charge in [0.2, 0.25) is 5.91 Å². The van der Waals surface area contributed by atoms with Gasteiger partial charge in [-0.25, -0.2) is 0 Å². The van der Waals surface area contributed by atoms with Crippen LogP contribution in [0.25, 0.3) is 0 Å². The van der Waals surface area contributed by atoms with E-state index in [1.807, 2.05) is 25.7 Å². The van der Waals surface area contributed by atoms with E-state index in [0.29, 0.717) is 12.3 Å². The first-order chi connectivity index (χ1) is 7.65. The van der Waals surface area contributed by atoms with Crippen LogP contribution in [-0.4, -0.2) is 23.9 Å². The number of rotatable bonds is 1. The first-order valence-corrected chi connectivity index (χ1v) is 6.93. The van der Waals surface area contributed by atoms with Crippen LogP contribution in [0.5, 0.6) is 0 Å². The van der Waals surface area contributed by atoms with Gasteiger partial charge in [-0.15, -0.1) is 0 Å². The van der Waals surface area contributed by atoms with Gasteiger partial charge < -0.3 is 4.90 Å². The van der Waals surface area contributed by atoms with Crippen molar-refractivity contribution in [1.82, 2.24) is 4.90 Å². The number of carbonyl (C=O) groups is 1. The Morgan fingerprint density at radius 1 is 1.12 bits per heavy atom. The quantitative estimate of drug-likeness (QED) is 0.663. The summed E-state index contributed by atoms with van der Waals surface area (Å²) in [5.41, 5.74) is 0. The predicted molar refractivity (Wildman–Crippen MR) is 72.6 cm³/mol. The van der Waals surface area contributed by atoms with Gasteiger partial charge in [-0.1, -0.05) is 48.0 Å². The molecule has 0 unspecified atom stereocenters. The molecule has 1 fully saturated rings. The lowest BCUT2D eigenvalue weighted by Gasteiger charge is -2.29. The van der Waals surface area contributed by atoms with Crippen molar-refractivity contribution in [2.24, 2.45) is 5.92 Å². The van der Waals surface area contributed by atoms with Crippen molar-refractivity contribution < 1.29 is 4.79 Å². The van der Waals surface area contributed by atoms with E-state index in [0.717, 1.165) is 19.0 Å². The summed E-state index contributed by atoms with van der Waals surface area (Å²) >= 11 is 0. The lowest BCUT2D eigenvalue weighted by molar-refractivity contribution is -0.132. The summed E-state index contributed by atoms with van der Waals surface area (Å²) in [7, 11) is 0. The highest BCUT2D eigenvalue weighted by Gasteiger charge is 2.18. The fourth-order valence-corrected chi connectivity index (χ4v) is 1.48. The van der Waals surface area contributed by atoms with Crippen molar-refractivity contribution in [2.75, 3.05) is 13.1 Å². The topological polar surface area (TPSA) is 20.3 Å². The van der Waals surface area contributed by atoms with Gasteiger partial charge >= 0.3 is 0 Å². The summed E-state index contributed by atoms with van der Waals surface area (Å²) in [6.45, 7) is 14.4. The van der Waals surface area contributed by atoms with Crippen molar-refractivity contribution in [2.45, 2.75) is 67.2 Å². The third-order valence-electron chi connectivity index (χ3n) is 2.44. The molecule has 1 heterocycles. The van der Waals surface area contributed by atoms with Crippen LogP contribution in [0.4, 0.5) is 0 Å². The smallest absolute Gasteiger partial charge is 0.222 e. The van der Waals surface area contributed by atoms with Crippen LogP contribution >= 0.6 is 0 Å². The number of hydrogen-bond acceptors (Lipinski definition) is 1. The molecule has 1 aliphatic heterocycles. The third-order valence-corrected chi connectivity index (χ3v) is 2.44. The number of carbonyl (C=O) groups excluding carboxylic acids is 1. The van der Waals surface area contributed by atoms with Crippen molar-refractivity contribution >= 4 is 5.91 Å². The Bertz CT molecular complexity index is 149. The zero-order valence-electron chi connectivity index (χ0n) is 12.2. The average molecular weight is 229 g/mol. The van der Waals surface area contributed by atoms with Crippen molar-refractivity contribution in [3.05, 3.63) is 0 Å². The van der Waals surface area contributed by atoms with Crippen LogP contribution in [0.2, 0.25) is 0 Å². The number of hydrogen-bond donors (Lipinski definition) is 0. The fraction of sp³-hybridized carbons (Fsp3) is 0.929. The molecule has 0 aliphatic carbocycles. The average Bonchev–Trinajstić information content (AvgIpc) is 2.33. The molecule has 0 aromatic carbocycles. The van der Waals surface area contributed by atoms with E-state index in [1.54, 1.807) is 0 Å². The molecular weight excluding hydrogens is 198 g/mol. The molecule has 0 saturated carbocycles. The molecule has 0 N–H and O–H groups in total. The van der Waals surface area contributed by atoms with Gasteiger partial charge in [-0.3, -0.25) is 4.79 Å². The molecule has 98 valence electrons. The second-order valence-corrected chi connectivity index (χ2v) is 4.12. The molecule has 1 rings (SSSR count). The molecule has 0 atom stereocenters. The van der Waals surface area contributed by atoms with E-state index in [1.165, 1.54) is 19.3 Å². The number of likely N-dealkylation sites (tertiary alicyclic amines) is 1. The highest BCUT2D eigenvalue weighted by molar-refractivity contribution is 5.75. The van der Waals surface area contributed by atoms with Crippen LogP contribution in [0.15, 0.2) is 0 Å². The van der Waals surface area contributed by atoms with E-state index in [4.69, 9.17) is 0 Å². The van der Waals surface area contributed by atoms with Gasteiger partial charge in [-0.05, 0) is 18.8 Å². The van der Waals surface area contributed by atoms with Crippen LogP contribution in [0, 0.1) is 5.92 Å². The Balaban J connectivity index is 0. The standard InChI is InChI=1S/C9H17NO.C3H8.C2H6/c1-3-9(11)10-6-4-8(2)5-7-10;1-3-2;1-2/h8H,3-7H2,1-2H3;3H2,1-2H3;1-2H3. The molecule has 0 aromatic heterocycles. The highest BCUT2D eigenvalue weighted by Crippen LogP contribution is 2.16. The summed E-state index contributed by atoms with van der Waals surface area (Å²) in [6.07, 6.45) is 4.28. The van der Waals surface area contributed by atoms with E-state index in [2.05, 4.69) is 20.8 Å². The molecule has 2 nitrogen and oxygen atoms in total. The maximum atomic E-state index is 11.2. The van der Waals surface area contributed by atoms with E-state index < -0.39 is 0 Å². The first kappa shape index (κ1) is 17.9. The van der Waals surface area contributed by atoms with E-state index >= 15 is 0 Å². The molecule has 0 spiro atoms. The molecule has 0 radical (unpaired) electrons. The summed E-state index contributed by atoms with van der Waals surface area (Å²) in [5.74, 6) is 1.13. The number of amides is 1. The molecule has 1 saturated heterocycles. The monoisotopic (exact) mass is 229 g/mol. The van der Waals surface area contributed by atoms with Gasteiger partial charge in [0.15, 0.2) is 0 Å². The van der Waals surface area contributed by atoms with Crippen LogP contribution in [0.1, 0.15) is 67.2 Å². The molecule has 16 heavy (non-hydrogen) atoms. The van der Waals surface area contributed by atoms with E-state index in [-0.39, 0.29) is 0 Å². The third kappa shape index (κ3) is 8.75. The van der Waals surface area contributed by atoms with E-state index in [9.17, 15) is 4.79 Å².